The lowest BCUT2D eigenvalue weighted by Gasteiger charge is -2.11. The van der Waals surface area contributed by atoms with Crippen LogP contribution < -0.4 is 5.32 Å². The lowest BCUT2D eigenvalue weighted by Crippen LogP contribution is -2.17. The second-order valence-electron chi connectivity index (χ2n) is 6.69. The molecule has 1 aromatic carbocycles. The molecule has 0 radical (unpaired) electrons. The van der Waals surface area contributed by atoms with Crippen LogP contribution in [0.25, 0.3) is 5.13 Å². The molecule has 0 atom stereocenters. The first kappa shape index (κ1) is 18.3. The Hall–Kier alpha value is -2.47. The number of para-hydroxylation sites is 1. The summed E-state index contributed by atoms with van der Waals surface area (Å²) in [7, 11) is 0. The SMILES string of the molecule is Cc1cccc(C)c1NC(=O)Cc1c(C)nn(-c2nc(C)c(C)s2)c1C. The fourth-order valence-corrected chi connectivity index (χ4v) is 3.93. The number of amides is 1. The number of carbonyl (C=O) groups is 1. The topological polar surface area (TPSA) is 59.8 Å². The van der Waals surface area contributed by atoms with Crippen LogP contribution in [-0.4, -0.2) is 20.7 Å². The first-order valence-corrected chi connectivity index (χ1v) is 9.45. The zero-order valence-electron chi connectivity index (χ0n) is 16.1. The Morgan fingerprint density at radius 2 is 1.73 bits per heavy atom. The number of hydrogen-bond acceptors (Lipinski definition) is 4. The van der Waals surface area contributed by atoms with Gasteiger partial charge in [-0.3, -0.25) is 4.79 Å². The van der Waals surface area contributed by atoms with E-state index in [-0.39, 0.29) is 5.91 Å². The number of aryl methyl sites for hydroxylation is 5. The zero-order chi connectivity index (χ0) is 19.0. The Morgan fingerprint density at radius 3 is 2.31 bits per heavy atom. The second kappa shape index (κ2) is 7.03. The molecule has 1 amide bonds. The molecule has 2 aromatic heterocycles. The lowest BCUT2D eigenvalue weighted by molar-refractivity contribution is -0.115. The van der Waals surface area contributed by atoms with Gasteiger partial charge in [0.1, 0.15) is 0 Å². The Morgan fingerprint density at radius 1 is 1.08 bits per heavy atom. The third-order valence-electron chi connectivity index (χ3n) is 4.72. The van der Waals surface area contributed by atoms with Gasteiger partial charge in [-0.15, -0.1) is 0 Å². The first-order valence-electron chi connectivity index (χ1n) is 8.63. The van der Waals surface area contributed by atoms with Crippen LogP contribution in [0.1, 0.15) is 38.6 Å². The van der Waals surface area contributed by atoms with Gasteiger partial charge >= 0.3 is 0 Å². The van der Waals surface area contributed by atoms with Crippen molar-refractivity contribution in [1.82, 2.24) is 14.8 Å². The maximum atomic E-state index is 12.6. The number of nitrogens with zero attached hydrogens (tertiary/aromatic N) is 3. The van der Waals surface area contributed by atoms with Crippen molar-refractivity contribution in [3.8, 4) is 5.13 Å². The number of nitrogens with one attached hydrogen (secondary N) is 1. The van der Waals surface area contributed by atoms with Gasteiger partial charge in [-0.25, -0.2) is 9.67 Å². The van der Waals surface area contributed by atoms with Crippen molar-refractivity contribution in [1.29, 1.82) is 0 Å². The highest BCUT2D eigenvalue weighted by Crippen LogP contribution is 2.25. The van der Waals surface area contributed by atoms with E-state index in [1.165, 1.54) is 4.88 Å². The summed E-state index contributed by atoms with van der Waals surface area (Å²) in [5.41, 5.74) is 6.84. The maximum absolute atomic E-state index is 12.6. The van der Waals surface area contributed by atoms with E-state index in [9.17, 15) is 4.79 Å². The summed E-state index contributed by atoms with van der Waals surface area (Å²) in [5.74, 6) is -0.0281. The number of rotatable bonds is 4. The standard InChI is InChI=1S/C20H24N4OS/c1-11-8-7-9-12(2)19(11)22-18(25)10-17-14(4)23-24(15(17)5)20-21-13(3)16(6)26-20/h7-9H,10H2,1-6H3,(H,22,25). The van der Waals surface area contributed by atoms with Gasteiger partial charge in [-0.05, 0) is 52.7 Å². The molecular weight excluding hydrogens is 344 g/mol. The molecule has 0 fully saturated rings. The van der Waals surface area contributed by atoms with Gasteiger partial charge in [0.2, 0.25) is 11.0 Å². The molecule has 136 valence electrons. The minimum atomic E-state index is -0.0281. The molecule has 0 saturated heterocycles. The number of anilines is 1. The summed E-state index contributed by atoms with van der Waals surface area (Å²) in [6, 6.07) is 6.01. The zero-order valence-corrected chi connectivity index (χ0v) is 16.9. The van der Waals surface area contributed by atoms with Crippen molar-refractivity contribution in [2.75, 3.05) is 5.32 Å². The Labute approximate surface area is 158 Å². The molecule has 0 unspecified atom stereocenters. The largest absolute Gasteiger partial charge is 0.325 e. The van der Waals surface area contributed by atoms with Crippen molar-refractivity contribution in [2.24, 2.45) is 0 Å². The van der Waals surface area contributed by atoms with Gasteiger partial charge < -0.3 is 5.32 Å². The van der Waals surface area contributed by atoms with Crippen LogP contribution in [0.4, 0.5) is 5.69 Å². The summed E-state index contributed by atoms with van der Waals surface area (Å²) in [6.07, 6.45) is 0.300. The average molecular weight is 369 g/mol. The summed E-state index contributed by atoms with van der Waals surface area (Å²) < 4.78 is 1.85. The highest BCUT2D eigenvalue weighted by molar-refractivity contribution is 7.14. The highest BCUT2D eigenvalue weighted by atomic mass is 32.1. The maximum Gasteiger partial charge on any atom is 0.228 e. The predicted octanol–water partition coefficient (Wildman–Crippen LogP) is 4.36. The van der Waals surface area contributed by atoms with Gasteiger partial charge in [0.05, 0.1) is 17.8 Å². The van der Waals surface area contributed by atoms with Gasteiger partial charge in [0.15, 0.2) is 0 Å². The van der Waals surface area contributed by atoms with E-state index >= 15 is 0 Å². The van der Waals surface area contributed by atoms with E-state index < -0.39 is 0 Å². The number of hydrogen-bond donors (Lipinski definition) is 1. The van der Waals surface area contributed by atoms with Crippen molar-refractivity contribution in [3.63, 3.8) is 0 Å². The Kier molecular flexibility index (Phi) is 4.96. The van der Waals surface area contributed by atoms with Crippen LogP contribution >= 0.6 is 11.3 Å². The molecule has 2 heterocycles. The van der Waals surface area contributed by atoms with Crippen LogP contribution in [0.5, 0.6) is 0 Å². The van der Waals surface area contributed by atoms with Crippen LogP contribution in [-0.2, 0) is 11.2 Å². The van der Waals surface area contributed by atoms with E-state index in [1.54, 1.807) is 11.3 Å². The summed E-state index contributed by atoms with van der Waals surface area (Å²) >= 11 is 1.62. The fraction of sp³-hybridized carbons (Fsp3) is 0.350. The lowest BCUT2D eigenvalue weighted by atomic mass is 10.1. The molecule has 1 N–H and O–H groups in total. The van der Waals surface area contributed by atoms with Crippen molar-refractivity contribution < 1.29 is 4.79 Å². The molecule has 26 heavy (non-hydrogen) atoms. The second-order valence-corrected chi connectivity index (χ2v) is 7.87. The first-order chi connectivity index (χ1) is 12.3. The Bertz CT molecular complexity index is 944. The van der Waals surface area contributed by atoms with Crippen molar-refractivity contribution in [3.05, 3.63) is 56.8 Å². The van der Waals surface area contributed by atoms with E-state index in [0.29, 0.717) is 6.42 Å². The Balaban J connectivity index is 1.85. The van der Waals surface area contributed by atoms with Crippen LogP contribution in [0.2, 0.25) is 0 Å². The molecule has 0 aliphatic rings. The molecule has 0 aliphatic heterocycles. The minimum Gasteiger partial charge on any atom is -0.325 e. The number of thiazole rings is 1. The van der Waals surface area contributed by atoms with E-state index in [0.717, 1.165) is 44.6 Å². The molecule has 6 heteroatoms. The molecule has 0 aliphatic carbocycles. The summed E-state index contributed by atoms with van der Waals surface area (Å²) in [4.78, 5) is 18.4. The number of carbonyl (C=O) groups excluding carboxylic acids is 1. The molecule has 0 spiro atoms. The smallest absolute Gasteiger partial charge is 0.228 e. The molecule has 0 bridgehead atoms. The fourth-order valence-electron chi connectivity index (χ4n) is 3.02. The third kappa shape index (κ3) is 3.42. The van der Waals surface area contributed by atoms with E-state index in [4.69, 9.17) is 0 Å². The monoisotopic (exact) mass is 368 g/mol. The van der Waals surface area contributed by atoms with Crippen LogP contribution in [0.15, 0.2) is 18.2 Å². The third-order valence-corrected chi connectivity index (χ3v) is 5.77. The average Bonchev–Trinajstić information content (AvgIpc) is 3.05. The van der Waals surface area contributed by atoms with E-state index in [2.05, 4.69) is 22.3 Å². The van der Waals surface area contributed by atoms with Gasteiger partial charge in [0.25, 0.3) is 0 Å². The highest BCUT2D eigenvalue weighted by Gasteiger charge is 2.18. The van der Waals surface area contributed by atoms with Crippen LogP contribution in [0.3, 0.4) is 0 Å². The quantitative estimate of drug-likeness (QED) is 0.744. The normalized spacial score (nSPS) is 11.0. The molecular formula is C20H24N4OS. The minimum absolute atomic E-state index is 0.0281. The summed E-state index contributed by atoms with van der Waals surface area (Å²) in [5, 5.41) is 8.52. The molecule has 3 aromatic rings. The van der Waals surface area contributed by atoms with Crippen LogP contribution in [0, 0.1) is 41.5 Å². The van der Waals surface area contributed by atoms with Gasteiger partial charge in [-0.1, -0.05) is 29.5 Å². The predicted molar refractivity (Wildman–Crippen MR) is 106 cm³/mol. The summed E-state index contributed by atoms with van der Waals surface area (Å²) in [6.45, 7) is 12.0. The molecule has 0 saturated carbocycles. The van der Waals surface area contributed by atoms with Gasteiger partial charge in [-0.2, -0.15) is 5.10 Å². The van der Waals surface area contributed by atoms with Crippen molar-refractivity contribution in [2.45, 2.75) is 48.0 Å². The van der Waals surface area contributed by atoms with E-state index in [1.807, 2.05) is 57.5 Å². The molecule has 5 nitrogen and oxygen atoms in total. The molecule has 3 rings (SSSR count). The number of aromatic nitrogens is 3. The number of benzene rings is 1. The van der Waals surface area contributed by atoms with Crippen molar-refractivity contribution >= 4 is 22.9 Å². The van der Waals surface area contributed by atoms with Gasteiger partial charge in [0, 0.05) is 21.8 Å².